The number of carbonyl (C=O) groups excluding carboxylic acids is 3. The second kappa shape index (κ2) is 7.90. The molecular weight excluding hydrogens is 290 g/mol. The summed E-state index contributed by atoms with van der Waals surface area (Å²) in [7, 11) is 0. The molecule has 2 heterocycles. The van der Waals surface area contributed by atoms with Crippen LogP contribution in [0.3, 0.4) is 0 Å². The van der Waals surface area contributed by atoms with Crippen LogP contribution in [0.4, 0.5) is 9.59 Å². The minimum absolute atomic E-state index is 0.0366. The molecule has 2 aliphatic rings. The number of rotatable bonds is 9. The van der Waals surface area contributed by atoms with Gasteiger partial charge in [-0.25, -0.2) is 14.5 Å². The minimum Gasteiger partial charge on any atom is -0.373 e. The number of amides is 5. The van der Waals surface area contributed by atoms with Crippen molar-refractivity contribution < 1.29 is 23.9 Å². The number of nitrogens with zero attached hydrogens (tertiary/aromatic N) is 2. The van der Waals surface area contributed by atoms with Crippen molar-refractivity contribution in [1.82, 2.24) is 15.1 Å². The molecule has 5 amide bonds. The normalized spacial score (nSPS) is 21.6. The van der Waals surface area contributed by atoms with Gasteiger partial charge in [-0.05, 0) is 12.8 Å². The van der Waals surface area contributed by atoms with E-state index in [1.165, 1.54) is 6.08 Å². The van der Waals surface area contributed by atoms with Gasteiger partial charge in [0.05, 0.1) is 32.0 Å². The third kappa shape index (κ3) is 5.12. The van der Waals surface area contributed by atoms with Crippen molar-refractivity contribution in [2.45, 2.75) is 25.0 Å². The van der Waals surface area contributed by atoms with Crippen molar-refractivity contribution in [3.8, 4) is 0 Å². The first-order valence-corrected chi connectivity index (χ1v) is 7.31. The number of hydrogen-bond donors (Lipinski definition) is 1. The van der Waals surface area contributed by atoms with Crippen LogP contribution in [0.25, 0.3) is 0 Å². The molecular formula is C14H21N3O5. The van der Waals surface area contributed by atoms with Crippen LogP contribution < -0.4 is 5.32 Å². The van der Waals surface area contributed by atoms with Crippen LogP contribution in [-0.2, 0) is 14.3 Å². The summed E-state index contributed by atoms with van der Waals surface area (Å²) in [5.74, 6) is 0. The van der Waals surface area contributed by atoms with Gasteiger partial charge in [0.2, 0.25) is 6.41 Å². The summed E-state index contributed by atoms with van der Waals surface area (Å²) in [4.78, 5) is 37.4. The van der Waals surface area contributed by atoms with Crippen molar-refractivity contribution in [2.24, 2.45) is 0 Å². The Morgan fingerprint density at radius 1 is 1.23 bits per heavy atom. The molecule has 8 nitrogen and oxygen atoms in total. The van der Waals surface area contributed by atoms with Gasteiger partial charge in [0.1, 0.15) is 0 Å². The maximum Gasteiger partial charge on any atom is 0.334 e. The molecule has 0 aliphatic carbocycles. The predicted octanol–water partition coefficient (Wildman–Crippen LogP) is 0.340. The fourth-order valence-corrected chi connectivity index (χ4v) is 1.91. The van der Waals surface area contributed by atoms with E-state index in [1.54, 1.807) is 0 Å². The predicted molar refractivity (Wildman–Crippen MR) is 77.2 cm³/mol. The molecule has 2 saturated heterocycles. The highest BCUT2D eigenvalue weighted by atomic mass is 16.6. The Balaban J connectivity index is 1.84. The fourth-order valence-electron chi connectivity index (χ4n) is 1.91. The Hall–Kier alpha value is -1.93. The van der Waals surface area contributed by atoms with Crippen LogP contribution in [0.1, 0.15) is 12.8 Å². The molecule has 2 fully saturated rings. The van der Waals surface area contributed by atoms with Crippen LogP contribution in [0, 0.1) is 0 Å². The van der Waals surface area contributed by atoms with Crippen molar-refractivity contribution in [1.29, 1.82) is 0 Å². The highest BCUT2D eigenvalue weighted by Gasteiger charge is 2.29. The summed E-state index contributed by atoms with van der Waals surface area (Å²) < 4.78 is 10.1. The molecule has 0 spiro atoms. The Morgan fingerprint density at radius 3 is 2.41 bits per heavy atom. The minimum atomic E-state index is -0.657. The fraction of sp³-hybridized carbons (Fsp3) is 0.643. The zero-order chi connectivity index (χ0) is 15.9. The standard InChI is InChI=1S/C14H21N3O5/c1-2-6-17(13(19)15-5-3-11-8-21-11)14(20)16(10-18)7-4-12-9-22-12/h2,10-12H,1,3-9H2,(H,15,19). The molecule has 0 saturated carbocycles. The highest BCUT2D eigenvalue weighted by Crippen LogP contribution is 2.14. The molecule has 122 valence electrons. The van der Waals surface area contributed by atoms with Gasteiger partial charge in [0.25, 0.3) is 0 Å². The topological polar surface area (TPSA) is 94.8 Å². The molecule has 0 aromatic rings. The molecule has 0 aromatic heterocycles. The van der Waals surface area contributed by atoms with Gasteiger partial charge >= 0.3 is 12.1 Å². The lowest BCUT2D eigenvalue weighted by atomic mass is 10.3. The molecule has 2 atom stereocenters. The molecule has 2 unspecified atom stereocenters. The number of ether oxygens (including phenoxy) is 2. The third-order valence-electron chi connectivity index (χ3n) is 3.40. The lowest BCUT2D eigenvalue weighted by Gasteiger charge is -2.24. The van der Waals surface area contributed by atoms with Gasteiger partial charge in [0.15, 0.2) is 0 Å². The van der Waals surface area contributed by atoms with Gasteiger partial charge in [0, 0.05) is 13.1 Å². The van der Waals surface area contributed by atoms with E-state index in [2.05, 4.69) is 11.9 Å². The summed E-state index contributed by atoms with van der Waals surface area (Å²) in [5.41, 5.74) is 0. The second-order valence-electron chi connectivity index (χ2n) is 5.20. The Labute approximate surface area is 129 Å². The van der Waals surface area contributed by atoms with E-state index in [0.29, 0.717) is 39.0 Å². The van der Waals surface area contributed by atoms with Gasteiger partial charge in [-0.2, -0.15) is 0 Å². The molecule has 0 bridgehead atoms. The molecule has 0 radical (unpaired) electrons. The number of urea groups is 2. The quantitative estimate of drug-likeness (QED) is 0.376. The molecule has 8 heteroatoms. The van der Waals surface area contributed by atoms with Crippen LogP contribution in [0.2, 0.25) is 0 Å². The number of imide groups is 2. The lowest BCUT2D eigenvalue weighted by molar-refractivity contribution is -0.116. The molecule has 1 N–H and O–H groups in total. The molecule has 2 rings (SSSR count). The average Bonchev–Trinajstić information content (AvgIpc) is 3.38. The summed E-state index contributed by atoms with van der Waals surface area (Å²) in [6.07, 6.45) is 3.47. The number of hydrogen-bond acceptors (Lipinski definition) is 5. The first kappa shape index (κ1) is 16.4. The van der Waals surface area contributed by atoms with Gasteiger partial charge < -0.3 is 14.8 Å². The smallest absolute Gasteiger partial charge is 0.334 e. The second-order valence-corrected chi connectivity index (χ2v) is 5.20. The Bertz CT molecular complexity index is 434. The largest absolute Gasteiger partial charge is 0.373 e. The van der Waals surface area contributed by atoms with Crippen LogP contribution in [-0.4, -0.2) is 73.3 Å². The Kier molecular flexibility index (Phi) is 5.91. The summed E-state index contributed by atoms with van der Waals surface area (Å²) >= 11 is 0. The number of epoxide rings is 2. The van der Waals surface area contributed by atoms with Gasteiger partial charge in [-0.15, -0.1) is 6.58 Å². The first-order chi connectivity index (χ1) is 10.7. The van der Waals surface area contributed by atoms with E-state index in [1.807, 2.05) is 0 Å². The van der Waals surface area contributed by atoms with E-state index in [-0.39, 0.29) is 25.3 Å². The maximum atomic E-state index is 12.3. The monoisotopic (exact) mass is 311 g/mol. The maximum absolute atomic E-state index is 12.3. The third-order valence-corrected chi connectivity index (χ3v) is 3.40. The van der Waals surface area contributed by atoms with E-state index in [9.17, 15) is 14.4 Å². The van der Waals surface area contributed by atoms with E-state index in [0.717, 1.165) is 9.80 Å². The van der Waals surface area contributed by atoms with Crippen LogP contribution in [0.15, 0.2) is 12.7 Å². The average molecular weight is 311 g/mol. The SMILES string of the molecule is C=CCN(C(=O)NCCC1CO1)C(=O)N(C=O)CCC1CO1. The zero-order valence-corrected chi connectivity index (χ0v) is 12.4. The lowest BCUT2D eigenvalue weighted by Crippen LogP contribution is -2.50. The van der Waals surface area contributed by atoms with Crippen molar-refractivity contribution in [3.63, 3.8) is 0 Å². The molecule has 2 aliphatic heterocycles. The van der Waals surface area contributed by atoms with Crippen molar-refractivity contribution in [3.05, 3.63) is 12.7 Å². The highest BCUT2D eigenvalue weighted by molar-refractivity contribution is 5.97. The van der Waals surface area contributed by atoms with Gasteiger partial charge in [-0.1, -0.05) is 6.08 Å². The molecule has 22 heavy (non-hydrogen) atoms. The van der Waals surface area contributed by atoms with Crippen LogP contribution >= 0.6 is 0 Å². The number of carbonyl (C=O) groups is 3. The van der Waals surface area contributed by atoms with E-state index < -0.39 is 12.1 Å². The van der Waals surface area contributed by atoms with E-state index in [4.69, 9.17) is 9.47 Å². The zero-order valence-electron chi connectivity index (χ0n) is 12.4. The van der Waals surface area contributed by atoms with Crippen molar-refractivity contribution >= 4 is 18.5 Å². The van der Waals surface area contributed by atoms with Crippen LogP contribution in [0.5, 0.6) is 0 Å². The van der Waals surface area contributed by atoms with Gasteiger partial charge in [-0.3, -0.25) is 9.69 Å². The first-order valence-electron chi connectivity index (χ1n) is 7.31. The summed E-state index contributed by atoms with van der Waals surface area (Å²) in [6, 6.07) is -1.20. The van der Waals surface area contributed by atoms with Crippen molar-refractivity contribution in [2.75, 3.05) is 32.8 Å². The van der Waals surface area contributed by atoms with E-state index >= 15 is 0 Å². The molecule has 0 aromatic carbocycles. The summed E-state index contributed by atoms with van der Waals surface area (Å²) in [6.45, 7) is 5.58. The summed E-state index contributed by atoms with van der Waals surface area (Å²) in [5, 5.41) is 2.65. The number of nitrogens with one attached hydrogen (secondary N) is 1. The Morgan fingerprint density at radius 2 is 1.86 bits per heavy atom.